The van der Waals surface area contributed by atoms with Crippen LogP contribution in [0.2, 0.25) is 5.02 Å². The van der Waals surface area contributed by atoms with Crippen LogP contribution in [-0.2, 0) is 4.79 Å². The fraction of sp³-hybridized carbons (Fsp3) is 0.455. The Balaban J connectivity index is 2.95. The van der Waals surface area contributed by atoms with Gasteiger partial charge in [-0.25, -0.2) is 4.98 Å². The van der Waals surface area contributed by atoms with Crippen LogP contribution in [0.4, 0.5) is 11.5 Å². The Bertz CT molecular complexity index is 481. The maximum atomic E-state index is 10.9. The molecule has 0 aliphatic carbocycles. The molecule has 1 aromatic heterocycles. The van der Waals surface area contributed by atoms with E-state index in [0.29, 0.717) is 6.42 Å². The maximum absolute atomic E-state index is 10.9. The third-order valence-electron chi connectivity index (χ3n) is 2.43. The van der Waals surface area contributed by atoms with Gasteiger partial charge in [-0.2, -0.15) is 0 Å². The van der Waals surface area contributed by atoms with E-state index in [9.17, 15) is 14.9 Å². The molecule has 1 rings (SSSR count). The highest BCUT2D eigenvalue weighted by molar-refractivity contribution is 6.30. The van der Waals surface area contributed by atoms with Gasteiger partial charge >= 0.3 is 11.7 Å². The molecule has 1 unspecified atom stereocenters. The van der Waals surface area contributed by atoms with Gasteiger partial charge in [-0.15, -0.1) is 0 Å². The largest absolute Gasteiger partial charge is 0.481 e. The zero-order valence-corrected chi connectivity index (χ0v) is 11.1. The van der Waals surface area contributed by atoms with Crippen LogP contribution in [0, 0.1) is 10.1 Å². The van der Waals surface area contributed by atoms with Crippen LogP contribution in [0.1, 0.15) is 26.2 Å². The number of pyridine rings is 1. The van der Waals surface area contributed by atoms with Gasteiger partial charge < -0.3 is 10.4 Å². The lowest BCUT2D eigenvalue weighted by atomic mass is 10.1. The smallest absolute Gasteiger partial charge is 0.312 e. The average Bonchev–Trinajstić information content (AvgIpc) is 2.30. The predicted molar refractivity (Wildman–Crippen MR) is 70.5 cm³/mol. The Morgan fingerprint density at radius 2 is 2.37 bits per heavy atom. The topological polar surface area (TPSA) is 105 Å². The summed E-state index contributed by atoms with van der Waals surface area (Å²) in [5, 5.41) is 22.6. The molecule has 0 saturated heterocycles. The first-order chi connectivity index (χ1) is 8.93. The van der Waals surface area contributed by atoms with Crippen LogP contribution < -0.4 is 5.32 Å². The minimum atomic E-state index is -0.970. The number of nitrogens with one attached hydrogen (secondary N) is 1. The summed E-state index contributed by atoms with van der Waals surface area (Å²) in [6.07, 6.45) is 2.48. The second-order valence-electron chi connectivity index (χ2n) is 4.01. The standard InChI is InChI=1S/C11H14ClN3O4/c1-2-3-8(5-10(16)17)14-11-9(15(18)19)4-7(12)6-13-11/h4,6,8H,2-3,5H2,1H3,(H,13,14)(H,16,17). The Labute approximate surface area is 114 Å². The second kappa shape index (κ2) is 6.89. The number of rotatable bonds is 7. The van der Waals surface area contributed by atoms with Gasteiger partial charge in [0, 0.05) is 18.3 Å². The maximum Gasteiger partial charge on any atom is 0.312 e. The third kappa shape index (κ3) is 4.70. The van der Waals surface area contributed by atoms with E-state index in [1.165, 1.54) is 12.3 Å². The summed E-state index contributed by atoms with van der Waals surface area (Å²) in [5.41, 5.74) is -0.265. The van der Waals surface area contributed by atoms with Crippen molar-refractivity contribution in [2.45, 2.75) is 32.2 Å². The van der Waals surface area contributed by atoms with Gasteiger partial charge in [0.15, 0.2) is 0 Å². The van der Waals surface area contributed by atoms with E-state index in [-0.39, 0.29) is 22.9 Å². The predicted octanol–water partition coefficient (Wildman–Crippen LogP) is 2.70. The number of carbonyl (C=O) groups is 1. The Morgan fingerprint density at radius 1 is 1.68 bits per heavy atom. The zero-order chi connectivity index (χ0) is 14.4. The highest BCUT2D eigenvalue weighted by Gasteiger charge is 2.20. The molecule has 104 valence electrons. The van der Waals surface area contributed by atoms with E-state index in [1.807, 2.05) is 6.92 Å². The molecule has 0 aromatic carbocycles. The molecule has 0 bridgehead atoms. The van der Waals surface area contributed by atoms with Crippen molar-refractivity contribution in [3.05, 3.63) is 27.4 Å². The minimum absolute atomic E-state index is 0.0362. The fourth-order valence-corrected chi connectivity index (χ4v) is 1.81. The first kappa shape index (κ1) is 15.2. The summed E-state index contributed by atoms with van der Waals surface area (Å²) < 4.78 is 0. The van der Waals surface area contributed by atoms with Gasteiger partial charge in [0.2, 0.25) is 5.82 Å². The van der Waals surface area contributed by atoms with Crippen LogP contribution in [-0.4, -0.2) is 27.0 Å². The van der Waals surface area contributed by atoms with Crippen molar-refractivity contribution in [1.82, 2.24) is 4.98 Å². The molecule has 0 aliphatic heterocycles. The lowest BCUT2D eigenvalue weighted by Gasteiger charge is -2.16. The molecule has 0 fully saturated rings. The molecule has 0 aliphatic rings. The molecular weight excluding hydrogens is 274 g/mol. The van der Waals surface area contributed by atoms with E-state index >= 15 is 0 Å². The van der Waals surface area contributed by atoms with Crippen molar-refractivity contribution in [2.75, 3.05) is 5.32 Å². The Kier molecular flexibility index (Phi) is 5.50. The van der Waals surface area contributed by atoms with E-state index in [1.54, 1.807) is 0 Å². The Morgan fingerprint density at radius 3 is 2.89 bits per heavy atom. The lowest BCUT2D eigenvalue weighted by Crippen LogP contribution is -2.24. The quantitative estimate of drug-likeness (QED) is 0.590. The van der Waals surface area contributed by atoms with Crippen LogP contribution in [0.15, 0.2) is 12.3 Å². The van der Waals surface area contributed by atoms with Gasteiger partial charge in [0.1, 0.15) is 0 Å². The molecule has 0 saturated carbocycles. The lowest BCUT2D eigenvalue weighted by molar-refractivity contribution is -0.384. The van der Waals surface area contributed by atoms with Crippen molar-refractivity contribution in [1.29, 1.82) is 0 Å². The van der Waals surface area contributed by atoms with E-state index in [4.69, 9.17) is 16.7 Å². The van der Waals surface area contributed by atoms with Gasteiger partial charge in [-0.1, -0.05) is 24.9 Å². The van der Waals surface area contributed by atoms with Crippen LogP contribution in [0.5, 0.6) is 0 Å². The van der Waals surface area contributed by atoms with Gasteiger partial charge in [-0.05, 0) is 6.42 Å². The molecular formula is C11H14ClN3O4. The summed E-state index contributed by atoms with van der Waals surface area (Å²) in [6, 6.07) is 0.774. The fourth-order valence-electron chi connectivity index (χ4n) is 1.66. The van der Waals surface area contributed by atoms with E-state index in [2.05, 4.69) is 10.3 Å². The molecule has 1 heterocycles. The monoisotopic (exact) mass is 287 g/mol. The first-order valence-corrected chi connectivity index (χ1v) is 6.10. The number of hydrogen-bond donors (Lipinski definition) is 2. The second-order valence-corrected chi connectivity index (χ2v) is 4.44. The number of nitro groups is 1. The number of hydrogen-bond acceptors (Lipinski definition) is 5. The van der Waals surface area contributed by atoms with Crippen molar-refractivity contribution in [3.63, 3.8) is 0 Å². The molecule has 1 atom stereocenters. The molecule has 0 amide bonds. The van der Waals surface area contributed by atoms with Crippen molar-refractivity contribution in [2.24, 2.45) is 0 Å². The summed E-state index contributed by atoms with van der Waals surface area (Å²) in [7, 11) is 0. The van der Waals surface area contributed by atoms with Crippen LogP contribution >= 0.6 is 11.6 Å². The summed E-state index contributed by atoms with van der Waals surface area (Å²) >= 11 is 5.65. The molecule has 2 N–H and O–H groups in total. The molecule has 19 heavy (non-hydrogen) atoms. The number of carboxylic acids is 1. The SMILES string of the molecule is CCCC(CC(=O)O)Nc1ncc(Cl)cc1[N+](=O)[O-]. The van der Waals surface area contributed by atoms with Crippen molar-refractivity contribution >= 4 is 29.1 Å². The molecule has 1 aromatic rings. The third-order valence-corrected chi connectivity index (χ3v) is 2.64. The van der Waals surface area contributed by atoms with Crippen LogP contribution in [0.25, 0.3) is 0 Å². The first-order valence-electron chi connectivity index (χ1n) is 5.72. The van der Waals surface area contributed by atoms with E-state index in [0.717, 1.165) is 6.42 Å². The van der Waals surface area contributed by atoms with Crippen LogP contribution in [0.3, 0.4) is 0 Å². The van der Waals surface area contributed by atoms with Gasteiger partial charge in [0.05, 0.1) is 16.4 Å². The summed E-state index contributed by atoms with van der Waals surface area (Å²) in [5.74, 6) is -0.934. The normalized spacial score (nSPS) is 11.9. The highest BCUT2D eigenvalue weighted by atomic mass is 35.5. The van der Waals surface area contributed by atoms with Crippen molar-refractivity contribution < 1.29 is 14.8 Å². The number of aliphatic carboxylic acids is 1. The van der Waals surface area contributed by atoms with Gasteiger partial charge in [-0.3, -0.25) is 14.9 Å². The average molecular weight is 288 g/mol. The number of carboxylic acid groups (broad SMARTS) is 1. The number of aromatic nitrogens is 1. The minimum Gasteiger partial charge on any atom is -0.481 e. The van der Waals surface area contributed by atoms with E-state index < -0.39 is 16.9 Å². The summed E-state index contributed by atoms with van der Waals surface area (Å²) in [4.78, 5) is 24.9. The number of nitrogens with zero attached hydrogens (tertiary/aromatic N) is 2. The van der Waals surface area contributed by atoms with Gasteiger partial charge in [0.25, 0.3) is 0 Å². The molecule has 8 heteroatoms. The molecule has 0 radical (unpaired) electrons. The highest BCUT2D eigenvalue weighted by Crippen LogP contribution is 2.26. The zero-order valence-electron chi connectivity index (χ0n) is 10.3. The number of halogens is 1. The molecule has 7 nitrogen and oxygen atoms in total. The van der Waals surface area contributed by atoms with Crippen molar-refractivity contribution in [3.8, 4) is 0 Å². The molecule has 0 spiro atoms. The Hall–Kier alpha value is -1.89. The summed E-state index contributed by atoms with van der Waals surface area (Å²) in [6.45, 7) is 1.90. The number of anilines is 1.